The quantitative estimate of drug-likeness (QED) is 0.199. The molecule has 2 aromatic carbocycles. The Bertz CT molecular complexity index is 1810. The van der Waals surface area contributed by atoms with Gasteiger partial charge >= 0.3 is 23.9 Å². The topological polar surface area (TPSA) is 144 Å². The number of benzene rings is 2. The molecule has 51 heavy (non-hydrogen) atoms. The zero-order chi connectivity index (χ0) is 35.5. The molecule has 10 rings (SSSR count). The van der Waals surface area contributed by atoms with Crippen molar-refractivity contribution in [2.24, 2.45) is 45.8 Å². The van der Waals surface area contributed by atoms with Crippen LogP contribution in [0.25, 0.3) is 0 Å². The highest BCUT2D eigenvalue weighted by Crippen LogP contribution is 2.82. The second-order valence-corrected chi connectivity index (χ2v) is 16.0. The van der Waals surface area contributed by atoms with Gasteiger partial charge in [0.05, 0.1) is 23.1 Å². The zero-order valence-corrected chi connectivity index (χ0v) is 28.8. The second kappa shape index (κ2) is 11.3. The van der Waals surface area contributed by atoms with E-state index in [9.17, 15) is 24.3 Å². The van der Waals surface area contributed by atoms with Gasteiger partial charge in [-0.2, -0.15) is 0 Å². The summed E-state index contributed by atoms with van der Waals surface area (Å²) < 4.78 is 37.9. The summed E-state index contributed by atoms with van der Waals surface area (Å²) >= 11 is 0. The normalized spacial score (nSPS) is 43.6. The third kappa shape index (κ3) is 4.14. The number of carboxylic acid groups (broad SMARTS) is 1. The first kappa shape index (κ1) is 33.0. The number of rotatable bonds is 10. The van der Waals surface area contributed by atoms with Crippen molar-refractivity contribution in [1.29, 1.82) is 0 Å². The fraction of sp³-hybridized carbons (Fsp3) is 0.550. The Morgan fingerprint density at radius 3 is 2.22 bits per heavy atom. The molecule has 4 aliphatic carbocycles. The minimum Gasteiger partial charge on any atom is -0.481 e. The number of esters is 2. The first-order valence-electron chi connectivity index (χ1n) is 18.1. The fourth-order valence-corrected chi connectivity index (χ4v) is 11.6. The summed E-state index contributed by atoms with van der Waals surface area (Å²) in [5.74, 6) is -4.20. The maximum Gasteiger partial charge on any atom is 0.338 e. The SMILES string of the molecule is CC(C)C1=CC2CC3(C=O)C4CCC(C)C4CC2(COC24OC5OC(C(OC(=O)c6ccccc6)C5O2)C4OC(=O)c2ccccc2)C13C(=O)O. The predicted octanol–water partition coefficient (Wildman–Crippen LogP) is 5.19. The van der Waals surface area contributed by atoms with Gasteiger partial charge in [0, 0.05) is 5.41 Å². The van der Waals surface area contributed by atoms with Crippen molar-refractivity contribution in [3.05, 3.63) is 83.4 Å². The van der Waals surface area contributed by atoms with E-state index in [1.807, 2.05) is 13.8 Å². The number of allylic oxidation sites excluding steroid dienone is 1. The van der Waals surface area contributed by atoms with E-state index >= 15 is 0 Å². The molecule has 0 amide bonds. The lowest BCUT2D eigenvalue weighted by molar-refractivity contribution is -0.445. The van der Waals surface area contributed by atoms with Crippen LogP contribution in [0.15, 0.2) is 72.3 Å². The van der Waals surface area contributed by atoms with Crippen LogP contribution in [0, 0.1) is 45.8 Å². The highest BCUT2D eigenvalue weighted by molar-refractivity contribution is 5.91. The molecule has 8 bridgehead atoms. The number of hydrogen-bond donors (Lipinski definition) is 1. The summed E-state index contributed by atoms with van der Waals surface area (Å²) in [6, 6.07) is 16.9. The fourth-order valence-electron chi connectivity index (χ4n) is 11.6. The van der Waals surface area contributed by atoms with Gasteiger partial charge in [-0.15, -0.1) is 0 Å². The molecule has 0 radical (unpaired) electrons. The van der Waals surface area contributed by atoms with E-state index in [1.165, 1.54) is 0 Å². The number of aldehydes is 1. The molecule has 0 spiro atoms. The number of hydrogen-bond acceptors (Lipinski definition) is 10. The van der Waals surface area contributed by atoms with Gasteiger partial charge in [-0.05, 0) is 73.1 Å². The maximum atomic E-state index is 14.0. The summed E-state index contributed by atoms with van der Waals surface area (Å²) in [4.78, 5) is 54.4. The molecule has 1 N–H and O–H groups in total. The molecular formula is C40H42O11. The molecule has 13 atom stereocenters. The lowest BCUT2D eigenvalue weighted by Crippen LogP contribution is -2.66. The largest absolute Gasteiger partial charge is 0.481 e. The Hall–Kier alpha value is -3.90. The number of aliphatic carboxylic acids is 1. The minimum absolute atomic E-state index is 0.0430. The summed E-state index contributed by atoms with van der Waals surface area (Å²) in [6.07, 6.45) is 0.576. The third-order valence-electron chi connectivity index (χ3n) is 13.6. The van der Waals surface area contributed by atoms with Crippen LogP contribution >= 0.6 is 0 Å². The Morgan fingerprint density at radius 1 is 0.922 bits per heavy atom. The Morgan fingerprint density at radius 2 is 1.59 bits per heavy atom. The molecule has 11 nitrogen and oxygen atoms in total. The van der Waals surface area contributed by atoms with Gasteiger partial charge in [-0.1, -0.05) is 75.2 Å². The van der Waals surface area contributed by atoms with Crippen LogP contribution in [0.5, 0.6) is 0 Å². The third-order valence-corrected chi connectivity index (χ3v) is 13.6. The molecule has 11 heteroatoms. The molecule has 268 valence electrons. The van der Waals surface area contributed by atoms with E-state index in [-0.39, 0.29) is 35.8 Å². The van der Waals surface area contributed by atoms with Gasteiger partial charge in [0.15, 0.2) is 18.5 Å². The molecule has 0 aromatic heterocycles. The molecule has 4 heterocycles. The van der Waals surface area contributed by atoms with Crippen molar-refractivity contribution in [2.45, 2.75) is 83.1 Å². The predicted molar refractivity (Wildman–Crippen MR) is 177 cm³/mol. The van der Waals surface area contributed by atoms with Crippen molar-refractivity contribution >= 4 is 24.2 Å². The average Bonchev–Trinajstić information content (AvgIpc) is 3.86. The highest BCUT2D eigenvalue weighted by atomic mass is 17.0. The van der Waals surface area contributed by atoms with Crippen LogP contribution in [0.3, 0.4) is 0 Å². The van der Waals surface area contributed by atoms with Gasteiger partial charge in [0.1, 0.15) is 17.8 Å². The van der Waals surface area contributed by atoms with E-state index in [0.29, 0.717) is 24.3 Å². The van der Waals surface area contributed by atoms with Crippen LogP contribution < -0.4 is 0 Å². The Balaban J connectivity index is 1.09. The summed E-state index contributed by atoms with van der Waals surface area (Å²) in [5, 5.41) is 11.4. The first-order chi connectivity index (χ1) is 24.5. The van der Waals surface area contributed by atoms with E-state index < -0.39 is 70.8 Å². The summed E-state index contributed by atoms with van der Waals surface area (Å²) in [5.41, 5.74) is -2.18. The van der Waals surface area contributed by atoms with Gasteiger partial charge in [0.2, 0.25) is 6.10 Å². The Labute approximate surface area is 295 Å². The van der Waals surface area contributed by atoms with Crippen LogP contribution in [-0.4, -0.2) is 72.6 Å². The van der Waals surface area contributed by atoms with Gasteiger partial charge in [-0.25, -0.2) is 9.59 Å². The van der Waals surface area contributed by atoms with E-state index in [2.05, 4.69) is 13.0 Å². The maximum absolute atomic E-state index is 14.0. The van der Waals surface area contributed by atoms with E-state index in [1.54, 1.807) is 60.7 Å². The molecular weight excluding hydrogens is 656 g/mol. The molecule has 13 unspecified atom stereocenters. The van der Waals surface area contributed by atoms with Gasteiger partial charge < -0.3 is 33.6 Å². The van der Waals surface area contributed by atoms with E-state index in [0.717, 1.165) is 24.7 Å². The average molecular weight is 699 g/mol. The van der Waals surface area contributed by atoms with Crippen LogP contribution in [-0.2, 0) is 38.0 Å². The molecule has 8 aliphatic rings. The number of carbonyl (C=O) groups is 4. The lowest BCUT2D eigenvalue weighted by atomic mass is 9.43. The molecule has 7 fully saturated rings. The van der Waals surface area contributed by atoms with Crippen molar-refractivity contribution in [3.63, 3.8) is 0 Å². The van der Waals surface area contributed by atoms with Crippen LogP contribution in [0.1, 0.15) is 67.2 Å². The van der Waals surface area contributed by atoms with Crippen LogP contribution in [0.2, 0.25) is 0 Å². The van der Waals surface area contributed by atoms with E-state index in [4.69, 9.17) is 28.4 Å². The number of fused-ring (bicyclic) bond motifs is 2. The zero-order valence-electron chi connectivity index (χ0n) is 28.8. The van der Waals surface area contributed by atoms with Crippen molar-refractivity contribution in [3.8, 4) is 0 Å². The Kier molecular flexibility index (Phi) is 7.30. The summed E-state index contributed by atoms with van der Waals surface area (Å²) in [7, 11) is 0. The number of carbonyl (C=O) groups excluding carboxylic acids is 3. The van der Waals surface area contributed by atoms with Crippen molar-refractivity contribution < 1.29 is 52.7 Å². The van der Waals surface area contributed by atoms with Crippen molar-refractivity contribution in [2.75, 3.05) is 6.61 Å². The summed E-state index contributed by atoms with van der Waals surface area (Å²) in [6.45, 7) is 6.05. The lowest BCUT2D eigenvalue weighted by Gasteiger charge is -2.58. The number of ether oxygens (including phenoxy) is 6. The van der Waals surface area contributed by atoms with Gasteiger partial charge in [0.25, 0.3) is 0 Å². The minimum atomic E-state index is -1.98. The molecule has 4 saturated heterocycles. The smallest absolute Gasteiger partial charge is 0.338 e. The second-order valence-electron chi connectivity index (χ2n) is 16.0. The standard InChI is InChI=1S/C40H42O11/c1-21(2)28-16-25-17-37(19-41)27-15-14-22(3)26(27)18-38(25,39(28,37)36(44)45)20-46-40-32(49-34(43)24-12-8-5-9-13-24)30-29(31(50-40)35(48-30)51-40)47-33(42)23-10-6-4-7-11-23/h4-13,16,19,21-22,25-27,29-32,35H,14-15,17-18,20H2,1-3H3,(H,44,45). The highest BCUT2D eigenvalue weighted by Gasteiger charge is 2.85. The monoisotopic (exact) mass is 698 g/mol. The first-order valence-corrected chi connectivity index (χ1v) is 18.1. The van der Waals surface area contributed by atoms with Crippen molar-refractivity contribution in [1.82, 2.24) is 0 Å². The molecule has 3 saturated carbocycles. The number of carboxylic acids is 1. The molecule has 2 aromatic rings. The van der Waals surface area contributed by atoms with Crippen LogP contribution in [0.4, 0.5) is 0 Å². The van der Waals surface area contributed by atoms with Gasteiger partial charge in [-0.3, -0.25) is 9.53 Å². The molecule has 4 aliphatic heterocycles.